The summed E-state index contributed by atoms with van der Waals surface area (Å²) < 4.78 is 0. The van der Waals surface area contributed by atoms with Crippen LogP contribution in [-0.4, -0.2) is 53.7 Å². The van der Waals surface area contributed by atoms with Gasteiger partial charge in [-0.25, -0.2) is 4.79 Å². The summed E-state index contributed by atoms with van der Waals surface area (Å²) in [4.78, 5) is 42.8. The van der Waals surface area contributed by atoms with Crippen molar-refractivity contribution in [1.82, 2.24) is 16.0 Å². The van der Waals surface area contributed by atoms with Gasteiger partial charge in [0.25, 0.3) is 0 Å². The lowest BCUT2D eigenvalue weighted by Gasteiger charge is -2.40. The standard InChI is InChI=1S/C26H46N6O5/c1-25(2)17-9-11-26(25,3)20(14-17)31-22(35)19(13-16-7-5-4-6-8-16)30-24(36)29-18(15-21(33)34)10-12-37-32-23(27)28/h16-20H,4-15H2,1-3H3,(H,31,35)(H,33,34)(H4,27,28,32)(H2,29,30,36)/t17?,18?,19-,20?,26+/m1/s1. The SMILES string of the molecule is CC1(C)C2CC[C@@]1(C)C(NC(=O)[C@@H](CC1CCCCC1)NC(=O)NC(CCON=C(N)N)CC(=O)O)C2. The lowest BCUT2D eigenvalue weighted by molar-refractivity contribution is -0.137. The molecule has 3 fully saturated rings. The molecule has 2 bridgehead atoms. The number of carbonyl (C=O) groups excluding carboxylic acids is 2. The minimum atomic E-state index is -1.06. The van der Waals surface area contributed by atoms with E-state index in [0.29, 0.717) is 18.3 Å². The van der Waals surface area contributed by atoms with Gasteiger partial charge in [0.15, 0.2) is 0 Å². The molecule has 0 aromatic heterocycles. The number of rotatable bonds is 12. The maximum atomic E-state index is 13.6. The van der Waals surface area contributed by atoms with Crippen molar-refractivity contribution in [2.24, 2.45) is 39.3 Å². The average molecular weight is 523 g/mol. The number of carboxylic acids is 1. The van der Waals surface area contributed by atoms with Gasteiger partial charge < -0.3 is 37.4 Å². The lowest BCUT2D eigenvalue weighted by atomic mass is 9.69. The van der Waals surface area contributed by atoms with Crippen molar-refractivity contribution < 1.29 is 24.3 Å². The van der Waals surface area contributed by atoms with Gasteiger partial charge in [0, 0.05) is 18.5 Å². The van der Waals surface area contributed by atoms with Crippen molar-refractivity contribution in [2.45, 2.75) is 110 Å². The van der Waals surface area contributed by atoms with Gasteiger partial charge in [-0.1, -0.05) is 52.9 Å². The number of hydrogen-bond donors (Lipinski definition) is 6. The zero-order valence-electron chi connectivity index (χ0n) is 22.6. The molecule has 210 valence electrons. The number of carboxylic acid groups (broad SMARTS) is 1. The first-order valence-electron chi connectivity index (χ1n) is 13.7. The van der Waals surface area contributed by atoms with Crippen molar-refractivity contribution in [3.05, 3.63) is 0 Å². The van der Waals surface area contributed by atoms with Crippen LogP contribution in [0.15, 0.2) is 5.16 Å². The summed E-state index contributed by atoms with van der Waals surface area (Å²) in [5.41, 5.74) is 10.6. The van der Waals surface area contributed by atoms with E-state index in [9.17, 15) is 19.5 Å². The van der Waals surface area contributed by atoms with Crippen LogP contribution >= 0.6 is 0 Å². The van der Waals surface area contributed by atoms with E-state index < -0.39 is 24.1 Å². The second-order valence-corrected chi connectivity index (χ2v) is 12.0. The monoisotopic (exact) mass is 522 g/mol. The van der Waals surface area contributed by atoms with Gasteiger partial charge in [-0.3, -0.25) is 9.59 Å². The quantitative estimate of drug-likeness (QED) is 0.0984. The molecular formula is C26H46N6O5. The molecule has 0 aliphatic heterocycles. The van der Waals surface area contributed by atoms with E-state index in [4.69, 9.17) is 16.3 Å². The molecule has 3 aliphatic carbocycles. The van der Waals surface area contributed by atoms with Gasteiger partial charge >= 0.3 is 12.0 Å². The van der Waals surface area contributed by atoms with Crippen LogP contribution in [0.3, 0.4) is 0 Å². The van der Waals surface area contributed by atoms with E-state index in [1.165, 1.54) is 12.8 Å². The Morgan fingerprint density at radius 1 is 1.08 bits per heavy atom. The van der Waals surface area contributed by atoms with Crippen molar-refractivity contribution in [3.63, 3.8) is 0 Å². The zero-order valence-corrected chi connectivity index (χ0v) is 22.6. The Labute approximate surface area is 219 Å². The van der Waals surface area contributed by atoms with Crippen molar-refractivity contribution >= 4 is 23.9 Å². The van der Waals surface area contributed by atoms with Gasteiger partial charge in [0.2, 0.25) is 11.9 Å². The number of nitrogens with two attached hydrogens (primary N) is 2. The largest absolute Gasteiger partial charge is 0.481 e. The van der Waals surface area contributed by atoms with Crippen LogP contribution < -0.4 is 27.4 Å². The minimum absolute atomic E-state index is 0.0271. The Morgan fingerprint density at radius 2 is 1.78 bits per heavy atom. The van der Waals surface area contributed by atoms with Crippen LogP contribution in [0.2, 0.25) is 0 Å². The number of aliphatic carboxylic acids is 1. The first-order valence-corrected chi connectivity index (χ1v) is 13.7. The smallest absolute Gasteiger partial charge is 0.315 e. The lowest BCUT2D eigenvalue weighted by Crippen LogP contribution is -2.56. The number of urea groups is 1. The molecule has 0 spiro atoms. The molecule has 3 amide bonds. The molecule has 3 rings (SSSR count). The fraction of sp³-hybridized carbons (Fsp3) is 0.846. The van der Waals surface area contributed by atoms with Gasteiger partial charge in [-0.2, -0.15) is 0 Å². The van der Waals surface area contributed by atoms with Crippen molar-refractivity contribution in [3.8, 4) is 0 Å². The summed E-state index contributed by atoms with van der Waals surface area (Å²) in [6.07, 6.45) is 9.30. The molecule has 3 aliphatic rings. The summed E-state index contributed by atoms with van der Waals surface area (Å²) in [7, 11) is 0. The molecule has 0 radical (unpaired) electrons. The van der Waals surface area contributed by atoms with Gasteiger partial charge in [-0.05, 0) is 53.5 Å². The Hall–Kier alpha value is -2.72. The van der Waals surface area contributed by atoms with E-state index in [1.54, 1.807) is 0 Å². The Balaban J connectivity index is 1.64. The molecular weight excluding hydrogens is 476 g/mol. The third-order valence-electron chi connectivity index (χ3n) is 9.51. The number of amides is 3. The highest BCUT2D eigenvalue weighted by Crippen LogP contribution is 2.65. The number of hydrogen-bond acceptors (Lipinski definition) is 5. The van der Waals surface area contributed by atoms with Gasteiger partial charge in [0.05, 0.1) is 6.42 Å². The molecule has 0 saturated heterocycles. The maximum Gasteiger partial charge on any atom is 0.315 e. The molecule has 11 heteroatoms. The third kappa shape index (κ3) is 7.19. The summed E-state index contributed by atoms with van der Waals surface area (Å²) in [5.74, 6) is -0.491. The van der Waals surface area contributed by atoms with Crippen LogP contribution in [0.4, 0.5) is 4.79 Å². The molecule has 0 heterocycles. The predicted molar refractivity (Wildman–Crippen MR) is 140 cm³/mol. The highest BCUT2D eigenvalue weighted by molar-refractivity contribution is 5.87. The van der Waals surface area contributed by atoms with Crippen molar-refractivity contribution in [1.29, 1.82) is 0 Å². The number of nitrogens with one attached hydrogen (secondary N) is 3. The fourth-order valence-corrected chi connectivity index (χ4v) is 6.82. The normalized spacial score (nSPS) is 28.1. The van der Waals surface area contributed by atoms with Gasteiger partial charge in [0.1, 0.15) is 12.6 Å². The van der Waals surface area contributed by atoms with E-state index in [1.807, 2.05) is 0 Å². The van der Waals surface area contributed by atoms with Crippen LogP contribution in [0.5, 0.6) is 0 Å². The predicted octanol–water partition coefficient (Wildman–Crippen LogP) is 2.39. The first-order chi connectivity index (χ1) is 17.4. The van der Waals surface area contributed by atoms with E-state index in [0.717, 1.165) is 38.5 Å². The molecule has 0 aromatic carbocycles. The molecule has 11 nitrogen and oxygen atoms in total. The Kier molecular flexibility index (Phi) is 9.52. The highest BCUT2D eigenvalue weighted by Gasteiger charge is 2.61. The van der Waals surface area contributed by atoms with E-state index >= 15 is 0 Å². The number of nitrogens with zero attached hydrogens (tertiary/aromatic N) is 1. The molecule has 37 heavy (non-hydrogen) atoms. The number of guanidine groups is 1. The minimum Gasteiger partial charge on any atom is -0.481 e. The summed E-state index contributed by atoms with van der Waals surface area (Å²) in [6.45, 7) is 6.92. The van der Waals surface area contributed by atoms with Crippen LogP contribution in [0.1, 0.15) is 91.4 Å². The maximum absolute atomic E-state index is 13.6. The Bertz CT molecular complexity index is 854. The number of oxime groups is 1. The molecule has 0 aromatic rings. The average Bonchev–Trinajstić information content (AvgIpc) is 3.15. The fourth-order valence-electron chi connectivity index (χ4n) is 6.82. The molecule has 5 atom stereocenters. The third-order valence-corrected chi connectivity index (χ3v) is 9.51. The summed E-state index contributed by atoms with van der Waals surface area (Å²) >= 11 is 0. The second kappa shape index (κ2) is 12.2. The number of fused-ring (bicyclic) bond motifs is 2. The van der Waals surface area contributed by atoms with Crippen LogP contribution in [-0.2, 0) is 14.4 Å². The highest BCUT2D eigenvalue weighted by atomic mass is 16.6. The van der Waals surface area contributed by atoms with Crippen LogP contribution in [0.25, 0.3) is 0 Å². The number of carbonyl (C=O) groups is 3. The Morgan fingerprint density at radius 3 is 2.35 bits per heavy atom. The van der Waals surface area contributed by atoms with E-state index in [-0.39, 0.29) is 48.2 Å². The summed E-state index contributed by atoms with van der Waals surface area (Å²) in [5, 5.41) is 21.5. The first kappa shape index (κ1) is 28.8. The molecule has 8 N–H and O–H groups in total. The van der Waals surface area contributed by atoms with E-state index in [2.05, 4.69) is 41.9 Å². The zero-order chi connectivity index (χ0) is 27.2. The molecule has 3 saturated carbocycles. The van der Waals surface area contributed by atoms with Crippen LogP contribution in [0, 0.1) is 22.7 Å². The topological polar surface area (TPSA) is 181 Å². The second-order valence-electron chi connectivity index (χ2n) is 12.0. The summed E-state index contributed by atoms with van der Waals surface area (Å²) in [6, 6.07) is -1.88. The molecule has 3 unspecified atom stereocenters. The van der Waals surface area contributed by atoms with Gasteiger partial charge in [-0.15, -0.1) is 0 Å². The van der Waals surface area contributed by atoms with Crippen molar-refractivity contribution in [2.75, 3.05) is 6.61 Å².